The second-order valence-electron chi connectivity index (χ2n) is 3.82. The number of benzene rings is 1. The molecule has 0 spiro atoms. The zero-order valence-corrected chi connectivity index (χ0v) is 10.8. The third-order valence-electron chi connectivity index (χ3n) is 2.37. The summed E-state index contributed by atoms with van der Waals surface area (Å²) in [7, 11) is 0. The number of aromatic carboxylic acids is 1. The molecule has 20 heavy (non-hydrogen) atoms. The molecule has 0 aromatic heterocycles. The van der Waals surface area contributed by atoms with Crippen molar-refractivity contribution >= 4 is 23.5 Å². The van der Waals surface area contributed by atoms with Gasteiger partial charge in [-0.25, -0.2) is 9.18 Å². The van der Waals surface area contributed by atoms with Crippen LogP contribution in [0.2, 0.25) is 0 Å². The van der Waals surface area contributed by atoms with E-state index in [4.69, 9.17) is 5.11 Å². The summed E-state index contributed by atoms with van der Waals surface area (Å²) in [5.41, 5.74) is -0.761. The maximum atomic E-state index is 13.5. The van der Waals surface area contributed by atoms with E-state index in [9.17, 15) is 18.8 Å². The van der Waals surface area contributed by atoms with Crippen LogP contribution < -0.4 is 5.32 Å². The van der Waals surface area contributed by atoms with Gasteiger partial charge in [0.1, 0.15) is 5.82 Å². The Kier molecular flexibility index (Phi) is 5.64. The van der Waals surface area contributed by atoms with Gasteiger partial charge in [-0.2, -0.15) is 0 Å². The SMILES string of the molecule is CCOC(=O)CCC(=O)Nc1c(F)cccc1C(=O)O. The lowest BCUT2D eigenvalue weighted by Gasteiger charge is -2.09. The highest BCUT2D eigenvalue weighted by molar-refractivity contribution is 6.01. The molecular weight excluding hydrogens is 269 g/mol. The number of carboxylic acids is 1. The fourth-order valence-corrected chi connectivity index (χ4v) is 1.48. The summed E-state index contributed by atoms with van der Waals surface area (Å²) < 4.78 is 18.2. The van der Waals surface area contributed by atoms with Gasteiger partial charge in [-0.3, -0.25) is 9.59 Å². The fourth-order valence-electron chi connectivity index (χ4n) is 1.48. The summed E-state index contributed by atoms with van der Waals surface area (Å²) in [6.07, 6.45) is -0.372. The van der Waals surface area contributed by atoms with Gasteiger partial charge >= 0.3 is 11.9 Å². The second kappa shape index (κ2) is 7.22. The van der Waals surface area contributed by atoms with Gasteiger partial charge in [0, 0.05) is 6.42 Å². The number of halogens is 1. The van der Waals surface area contributed by atoms with E-state index in [1.165, 1.54) is 12.1 Å². The Morgan fingerprint density at radius 1 is 1.30 bits per heavy atom. The molecule has 108 valence electrons. The lowest BCUT2D eigenvalue weighted by Crippen LogP contribution is -2.17. The number of hydrogen-bond acceptors (Lipinski definition) is 4. The minimum Gasteiger partial charge on any atom is -0.478 e. The number of carboxylic acid groups (broad SMARTS) is 1. The van der Waals surface area contributed by atoms with E-state index >= 15 is 0 Å². The van der Waals surface area contributed by atoms with Gasteiger partial charge in [-0.1, -0.05) is 6.07 Å². The molecular formula is C13H14FNO5. The molecule has 0 radical (unpaired) electrons. The van der Waals surface area contributed by atoms with E-state index in [2.05, 4.69) is 10.1 Å². The number of rotatable bonds is 6. The number of amides is 1. The van der Waals surface area contributed by atoms with E-state index < -0.39 is 29.4 Å². The smallest absolute Gasteiger partial charge is 0.337 e. The molecule has 0 aliphatic carbocycles. The lowest BCUT2D eigenvalue weighted by molar-refractivity contribution is -0.144. The average molecular weight is 283 g/mol. The summed E-state index contributed by atoms with van der Waals surface area (Å²) in [5.74, 6) is -3.42. The highest BCUT2D eigenvalue weighted by Crippen LogP contribution is 2.20. The molecule has 0 fully saturated rings. The second-order valence-corrected chi connectivity index (χ2v) is 3.82. The molecule has 0 saturated heterocycles. The van der Waals surface area contributed by atoms with Gasteiger partial charge in [0.25, 0.3) is 0 Å². The topological polar surface area (TPSA) is 92.7 Å². The van der Waals surface area contributed by atoms with Crippen molar-refractivity contribution in [1.29, 1.82) is 0 Å². The molecule has 1 aromatic carbocycles. The third-order valence-corrected chi connectivity index (χ3v) is 2.37. The standard InChI is InChI=1S/C13H14FNO5/c1-2-20-11(17)7-6-10(16)15-12-8(13(18)19)4-3-5-9(12)14/h3-5H,2,6-7H2,1H3,(H,15,16)(H,18,19). The van der Waals surface area contributed by atoms with Crippen LogP contribution in [0.5, 0.6) is 0 Å². The van der Waals surface area contributed by atoms with Crippen molar-refractivity contribution in [3.05, 3.63) is 29.6 Å². The number of carbonyl (C=O) groups is 3. The first kappa shape index (κ1) is 15.6. The van der Waals surface area contributed by atoms with E-state index in [-0.39, 0.29) is 25.0 Å². The first-order chi connectivity index (χ1) is 9.45. The Morgan fingerprint density at radius 2 is 2.00 bits per heavy atom. The van der Waals surface area contributed by atoms with Gasteiger partial charge < -0.3 is 15.2 Å². The fraction of sp³-hybridized carbons (Fsp3) is 0.308. The van der Waals surface area contributed by atoms with Crippen molar-refractivity contribution < 1.29 is 28.6 Å². The zero-order chi connectivity index (χ0) is 15.1. The molecule has 2 N–H and O–H groups in total. The van der Waals surface area contributed by atoms with Gasteiger partial charge in [-0.15, -0.1) is 0 Å². The van der Waals surface area contributed by atoms with Crippen molar-refractivity contribution in [2.45, 2.75) is 19.8 Å². The minimum atomic E-state index is -1.36. The number of para-hydroxylation sites is 1. The number of esters is 1. The highest BCUT2D eigenvalue weighted by Gasteiger charge is 2.17. The van der Waals surface area contributed by atoms with Crippen LogP contribution in [0.1, 0.15) is 30.1 Å². The van der Waals surface area contributed by atoms with Crippen LogP contribution in [0.3, 0.4) is 0 Å². The Bertz CT molecular complexity index is 529. The van der Waals surface area contributed by atoms with Crippen LogP contribution in [-0.2, 0) is 14.3 Å². The zero-order valence-electron chi connectivity index (χ0n) is 10.8. The van der Waals surface area contributed by atoms with Gasteiger partial charge in [0.2, 0.25) is 5.91 Å². The molecule has 0 aliphatic rings. The Morgan fingerprint density at radius 3 is 2.60 bits per heavy atom. The molecule has 0 saturated carbocycles. The Labute approximate surface area is 114 Å². The molecule has 6 nitrogen and oxygen atoms in total. The molecule has 0 atom stereocenters. The van der Waals surface area contributed by atoms with Crippen molar-refractivity contribution in [2.24, 2.45) is 0 Å². The highest BCUT2D eigenvalue weighted by atomic mass is 19.1. The number of ether oxygens (including phenoxy) is 1. The summed E-state index contributed by atoms with van der Waals surface area (Å²) in [6, 6.07) is 3.44. The van der Waals surface area contributed by atoms with Crippen LogP contribution in [0.15, 0.2) is 18.2 Å². The molecule has 1 rings (SSSR count). The maximum absolute atomic E-state index is 13.5. The van der Waals surface area contributed by atoms with E-state index in [0.29, 0.717) is 0 Å². The van der Waals surface area contributed by atoms with Crippen molar-refractivity contribution in [3.8, 4) is 0 Å². The van der Waals surface area contributed by atoms with Gasteiger partial charge in [-0.05, 0) is 19.1 Å². The third kappa shape index (κ3) is 4.34. The van der Waals surface area contributed by atoms with Crippen molar-refractivity contribution in [2.75, 3.05) is 11.9 Å². The van der Waals surface area contributed by atoms with Crippen LogP contribution in [0, 0.1) is 5.82 Å². The first-order valence-corrected chi connectivity index (χ1v) is 5.93. The van der Waals surface area contributed by atoms with Gasteiger partial charge in [0.15, 0.2) is 0 Å². The van der Waals surface area contributed by atoms with Crippen molar-refractivity contribution in [3.63, 3.8) is 0 Å². The van der Waals surface area contributed by atoms with Crippen LogP contribution in [0.25, 0.3) is 0 Å². The summed E-state index contributed by atoms with van der Waals surface area (Å²) in [6.45, 7) is 1.84. The summed E-state index contributed by atoms with van der Waals surface area (Å²) in [5, 5.41) is 11.1. The maximum Gasteiger partial charge on any atom is 0.337 e. The summed E-state index contributed by atoms with van der Waals surface area (Å²) in [4.78, 5) is 33.6. The monoisotopic (exact) mass is 283 g/mol. The largest absolute Gasteiger partial charge is 0.478 e. The number of nitrogens with one attached hydrogen (secondary N) is 1. The molecule has 7 heteroatoms. The molecule has 0 unspecified atom stereocenters. The number of hydrogen-bond donors (Lipinski definition) is 2. The minimum absolute atomic E-state index is 0.156. The summed E-state index contributed by atoms with van der Waals surface area (Å²) >= 11 is 0. The van der Waals surface area contributed by atoms with Crippen LogP contribution in [0.4, 0.5) is 10.1 Å². The van der Waals surface area contributed by atoms with E-state index in [0.717, 1.165) is 6.07 Å². The quantitative estimate of drug-likeness (QED) is 0.777. The predicted octanol–water partition coefficient (Wildman–Crippen LogP) is 1.81. The molecule has 1 aromatic rings. The first-order valence-electron chi connectivity index (χ1n) is 5.93. The normalized spacial score (nSPS) is 9.90. The molecule has 0 aliphatic heterocycles. The Balaban J connectivity index is 2.71. The Hall–Kier alpha value is -2.44. The van der Waals surface area contributed by atoms with Crippen LogP contribution >= 0.6 is 0 Å². The van der Waals surface area contributed by atoms with Crippen molar-refractivity contribution in [1.82, 2.24) is 0 Å². The van der Waals surface area contributed by atoms with Crippen LogP contribution in [-0.4, -0.2) is 29.6 Å². The van der Waals surface area contributed by atoms with Gasteiger partial charge in [0.05, 0.1) is 24.3 Å². The number of carbonyl (C=O) groups excluding carboxylic acids is 2. The molecule has 1 amide bonds. The number of anilines is 1. The predicted molar refractivity (Wildman–Crippen MR) is 67.9 cm³/mol. The molecule has 0 heterocycles. The average Bonchev–Trinajstić information content (AvgIpc) is 2.39. The van der Waals surface area contributed by atoms with E-state index in [1.54, 1.807) is 6.92 Å². The lowest BCUT2D eigenvalue weighted by atomic mass is 10.1. The van der Waals surface area contributed by atoms with E-state index in [1.807, 2.05) is 0 Å². The molecule has 0 bridgehead atoms.